The van der Waals surface area contributed by atoms with E-state index in [2.05, 4.69) is 9.83 Å². The Morgan fingerprint density at radius 2 is 2.03 bits per heavy atom. The zero-order chi connectivity index (χ0) is 20.1. The number of benzene rings is 1. The van der Waals surface area contributed by atoms with Crippen molar-refractivity contribution in [2.75, 3.05) is 9.80 Å². The largest absolute Gasteiger partial charge is 0.360 e. The first-order valence-corrected chi connectivity index (χ1v) is 9.11. The summed E-state index contributed by atoms with van der Waals surface area (Å²) in [4.78, 5) is 34.8. The Hall–Kier alpha value is -2.49. The average Bonchev–Trinajstić information content (AvgIpc) is 2.88. The van der Waals surface area contributed by atoms with Crippen LogP contribution in [0.15, 0.2) is 30.5 Å². The van der Waals surface area contributed by atoms with Gasteiger partial charge in [-0.25, -0.2) is 4.39 Å². The van der Waals surface area contributed by atoms with Gasteiger partial charge in [-0.1, -0.05) is 6.57 Å². The molecule has 9 heteroatoms. The minimum Gasteiger partial charge on any atom is -0.360 e. The molecule has 1 aromatic heterocycles. The van der Waals surface area contributed by atoms with Gasteiger partial charge >= 0.3 is 0 Å². The van der Waals surface area contributed by atoms with E-state index in [0.717, 1.165) is 6.42 Å². The standard InChI is InChI=1S/C20H15FN4O2S.W/c1-12-8-15(10-23-17(12)22-2)24-18(27)20(6-3-7-20)25(19(24)28)14-5-4-13(11-26)16(21)9-14;/h4-5,8-11H,3,6-7H2,1H3;. The second-order valence-corrected chi connectivity index (χ2v) is 7.28. The molecule has 2 aliphatic rings. The van der Waals surface area contributed by atoms with Crippen molar-refractivity contribution >= 4 is 46.7 Å². The number of aryl methyl sites for hydroxylation is 1. The van der Waals surface area contributed by atoms with Crippen LogP contribution in [0.1, 0.15) is 35.2 Å². The molecular formula is C20H15FN4O2SW. The minimum atomic E-state index is -0.849. The third kappa shape index (κ3) is 3.09. The molecule has 146 valence electrons. The Kier molecular flexibility index (Phi) is 5.66. The van der Waals surface area contributed by atoms with Crippen molar-refractivity contribution in [2.45, 2.75) is 31.7 Å². The van der Waals surface area contributed by atoms with Crippen LogP contribution in [0.5, 0.6) is 0 Å². The van der Waals surface area contributed by atoms with E-state index in [0.29, 0.717) is 36.1 Å². The zero-order valence-electron chi connectivity index (χ0n) is 15.4. The van der Waals surface area contributed by atoms with Crippen molar-refractivity contribution in [1.29, 1.82) is 0 Å². The summed E-state index contributed by atoms with van der Waals surface area (Å²) in [6.07, 6.45) is 3.97. The van der Waals surface area contributed by atoms with Crippen LogP contribution in [-0.4, -0.2) is 27.8 Å². The van der Waals surface area contributed by atoms with Crippen molar-refractivity contribution < 1.29 is 35.0 Å². The topological polar surface area (TPSA) is 57.9 Å². The molecule has 0 radical (unpaired) electrons. The Morgan fingerprint density at radius 1 is 1.31 bits per heavy atom. The molecule has 0 N–H and O–H groups in total. The van der Waals surface area contributed by atoms with E-state index in [1.54, 1.807) is 24.0 Å². The molecule has 1 amide bonds. The van der Waals surface area contributed by atoms with Crippen LogP contribution in [0.2, 0.25) is 0 Å². The number of pyridine rings is 1. The van der Waals surface area contributed by atoms with Gasteiger partial charge in [0, 0.05) is 26.8 Å². The van der Waals surface area contributed by atoms with Crippen molar-refractivity contribution in [3.8, 4) is 0 Å². The van der Waals surface area contributed by atoms with Crippen molar-refractivity contribution in [1.82, 2.24) is 4.98 Å². The maximum absolute atomic E-state index is 14.2. The van der Waals surface area contributed by atoms with Gasteiger partial charge in [0.05, 0.1) is 11.3 Å². The zero-order valence-corrected chi connectivity index (χ0v) is 19.1. The molecule has 1 aromatic carbocycles. The van der Waals surface area contributed by atoms with E-state index in [-0.39, 0.29) is 43.5 Å². The summed E-state index contributed by atoms with van der Waals surface area (Å²) in [5, 5.41) is 0.236. The first kappa shape index (κ1) is 21.2. The van der Waals surface area contributed by atoms with Gasteiger partial charge in [-0.05, 0) is 68.2 Å². The summed E-state index contributed by atoms with van der Waals surface area (Å²) in [7, 11) is 0. The van der Waals surface area contributed by atoms with Gasteiger partial charge in [-0.3, -0.25) is 14.5 Å². The molecule has 6 nitrogen and oxygen atoms in total. The molecule has 1 saturated carbocycles. The predicted molar refractivity (Wildman–Crippen MR) is 106 cm³/mol. The van der Waals surface area contributed by atoms with Gasteiger partial charge in [-0.15, -0.1) is 4.98 Å². The third-order valence-electron chi connectivity index (χ3n) is 5.36. The Morgan fingerprint density at radius 3 is 2.55 bits per heavy atom. The number of anilines is 2. The van der Waals surface area contributed by atoms with Crippen LogP contribution in [0.4, 0.5) is 21.6 Å². The van der Waals surface area contributed by atoms with Crippen LogP contribution in [0.25, 0.3) is 4.85 Å². The molecule has 2 heterocycles. The number of carbonyl (C=O) groups excluding carboxylic acids is 2. The molecule has 0 unspecified atom stereocenters. The molecule has 4 rings (SSSR count). The number of thiocarbonyl (C=S) groups is 1. The number of rotatable bonds is 3. The van der Waals surface area contributed by atoms with Crippen molar-refractivity contribution in [3.05, 3.63) is 58.8 Å². The summed E-state index contributed by atoms with van der Waals surface area (Å²) >= 11 is 5.61. The second-order valence-electron chi connectivity index (χ2n) is 6.91. The SMILES string of the molecule is [C-]#[N+]c1ncc(N2C(=O)C3(CCC3)N(c3ccc(C=O)c(F)c3)C2=S)cc1C.[W]. The van der Waals surface area contributed by atoms with E-state index in [1.165, 1.54) is 23.2 Å². The number of halogens is 1. The number of hydrogen-bond acceptors (Lipinski definition) is 4. The maximum atomic E-state index is 14.2. The normalized spacial score (nSPS) is 17.0. The van der Waals surface area contributed by atoms with Crippen LogP contribution in [0.3, 0.4) is 0 Å². The van der Waals surface area contributed by atoms with Crippen LogP contribution < -0.4 is 9.80 Å². The van der Waals surface area contributed by atoms with Crippen LogP contribution in [0, 0.1) is 19.3 Å². The number of amides is 1. The summed E-state index contributed by atoms with van der Waals surface area (Å²) in [6.45, 7) is 8.88. The molecule has 2 aromatic rings. The molecule has 2 fully saturated rings. The third-order valence-corrected chi connectivity index (χ3v) is 5.73. The number of aromatic nitrogens is 1. The monoisotopic (exact) mass is 578 g/mol. The van der Waals surface area contributed by atoms with E-state index in [4.69, 9.17) is 18.8 Å². The van der Waals surface area contributed by atoms with E-state index in [1.807, 2.05) is 0 Å². The summed E-state index contributed by atoms with van der Waals surface area (Å²) in [5.41, 5.74) is 0.670. The van der Waals surface area contributed by atoms with Gasteiger partial charge in [0.15, 0.2) is 11.4 Å². The van der Waals surface area contributed by atoms with Gasteiger partial charge in [0.1, 0.15) is 17.6 Å². The smallest absolute Gasteiger partial charge is 0.272 e. The Balaban J connectivity index is 0.00000240. The van der Waals surface area contributed by atoms with Crippen molar-refractivity contribution in [3.63, 3.8) is 0 Å². The van der Waals surface area contributed by atoms with Crippen LogP contribution in [-0.2, 0) is 25.9 Å². The Bertz CT molecular complexity index is 1080. The summed E-state index contributed by atoms with van der Waals surface area (Å²) < 4.78 is 14.2. The first-order chi connectivity index (χ1) is 13.4. The molecule has 29 heavy (non-hydrogen) atoms. The van der Waals surface area contributed by atoms with Gasteiger partial charge < -0.3 is 9.74 Å². The van der Waals surface area contributed by atoms with E-state index >= 15 is 0 Å². The van der Waals surface area contributed by atoms with Gasteiger partial charge in [0.2, 0.25) is 0 Å². The molecular weight excluding hydrogens is 563 g/mol. The van der Waals surface area contributed by atoms with Gasteiger partial charge in [-0.2, -0.15) is 0 Å². The molecule has 1 spiro atoms. The number of hydrogen-bond donors (Lipinski definition) is 0. The molecule has 1 saturated heterocycles. The van der Waals surface area contributed by atoms with Crippen molar-refractivity contribution in [2.24, 2.45) is 0 Å². The number of carbonyl (C=O) groups is 2. The molecule has 1 aliphatic carbocycles. The van der Waals surface area contributed by atoms with E-state index in [9.17, 15) is 14.0 Å². The molecule has 0 bridgehead atoms. The average molecular weight is 578 g/mol. The first-order valence-electron chi connectivity index (χ1n) is 8.70. The number of nitrogens with zero attached hydrogens (tertiary/aromatic N) is 4. The maximum Gasteiger partial charge on any atom is 0.272 e. The summed E-state index contributed by atoms with van der Waals surface area (Å²) in [5.74, 6) is -0.571. The number of aldehydes is 1. The predicted octanol–water partition coefficient (Wildman–Crippen LogP) is 3.95. The van der Waals surface area contributed by atoms with Crippen LogP contribution >= 0.6 is 12.2 Å². The molecule has 1 aliphatic heterocycles. The fraction of sp³-hybridized carbons (Fsp3) is 0.250. The second kappa shape index (κ2) is 7.73. The van der Waals surface area contributed by atoms with Gasteiger partial charge in [0.25, 0.3) is 11.7 Å². The fourth-order valence-corrected chi connectivity index (χ4v) is 4.22. The minimum absolute atomic E-state index is 0. The Labute approximate surface area is 186 Å². The fourth-order valence-electron chi connectivity index (χ4n) is 3.75. The van der Waals surface area contributed by atoms with E-state index < -0.39 is 11.4 Å². The quantitative estimate of drug-likeness (QED) is 0.314. The molecule has 0 atom stereocenters. The summed E-state index contributed by atoms with van der Waals surface area (Å²) in [6, 6.07) is 5.92.